The number of azide groups is 1. The van der Waals surface area contributed by atoms with Gasteiger partial charge in [-0.15, -0.1) is 11.8 Å². The number of nitrogens with zero attached hydrogens (tertiary/aromatic N) is 4. The van der Waals surface area contributed by atoms with Crippen molar-refractivity contribution in [1.29, 1.82) is 0 Å². The standard InChI is InChI=1S/C10H9FN4O5S/c1-4(16)20-2-5-3-21-9-10(11,13-14-12)8(19)15(9)6(5)7(17)18/h9H,2-3H2,1H3,(H,17,18)/t9-,10?/m1/s1. The Morgan fingerprint density at radius 1 is 1.71 bits per heavy atom. The van der Waals surface area contributed by atoms with Crippen LogP contribution in [0.4, 0.5) is 4.39 Å². The molecule has 0 aromatic carbocycles. The van der Waals surface area contributed by atoms with E-state index in [1.165, 1.54) is 0 Å². The maximum Gasteiger partial charge on any atom is 0.352 e. The highest BCUT2D eigenvalue weighted by Gasteiger charge is 2.66. The number of amides is 1. The zero-order valence-electron chi connectivity index (χ0n) is 10.6. The smallest absolute Gasteiger partial charge is 0.352 e. The molecule has 1 saturated heterocycles. The average molecular weight is 316 g/mol. The van der Waals surface area contributed by atoms with E-state index >= 15 is 0 Å². The first-order chi connectivity index (χ1) is 9.82. The minimum Gasteiger partial charge on any atom is -0.477 e. The van der Waals surface area contributed by atoms with E-state index in [1.807, 2.05) is 0 Å². The third-order valence-electron chi connectivity index (χ3n) is 2.91. The molecule has 0 saturated carbocycles. The number of carboxylic acid groups (broad SMARTS) is 1. The summed E-state index contributed by atoms with van der Waals surface area (Å²) in [5.74, 6) is -6.04. The van der Waals surface area contributed by atoms with Gasteiger partial charge < -0.3 is 9.84 Å². The fraction of sp³-hybridized carbons (Fsp3) is 0.500. The predicted molar refractivity (Wildman–Crippen MR) is 67.4 cm³/mol. The first kappa shape index (κ1) is 15.1. The molecule has 2 heterocycles. The van der Waals surface area contributed by atoms with Gasteiger partial charge in [-0.3, -0.25) is 14.5 Å². The summed E-state index contributed by atoms with van der Waals surface area (Å²) in [5.41, 5.74) is 8.04. The SMILES string of the molecule is CC(=O)OCC1=C(C(=O)O)N2C(=O)C(F)(N=[N+]=[N-])[C@H]2SC1. The van der Waals surface area contributed by atoms with Crippen molar-refractivity contribution in [3.05, 3.63) is 21.7 Å². The highest BCUT2D eigenvalue weighted by molar-refractivity contribution is 8.00. The van der Waals surface area contributed by atoms with E-state index < -0.39 is 34.7 Å². The summed E-state index contributed by atoms with van der Waals surface area (Å²) in [6, 6.07) is 0. The topological polar surface area (TPSA) is 133 Å². The molecule has 0 aromatic rings. The molecule has 2 aliphatic heterocycles. The van der Waals surface area contributed by atoms with Gasteiger partial charge in [0.05, 0.1) is 0 Å². The highest BCUT2D eigenvalue weighted by Crippen LogP contribution is 2.49. The normalized spacial score (nSPS) is 27.4. The second-order valence-electron chi connectivity index (χ2n) is 4.24. The highest BCUT2D eigenvalue weighted by atomic mass is 32.2. The number of ether oxygens (including phenoxy) is 1. The first-order valence-corrected chi connectivity index (χ1v) is 6.67. The van der Waals surface area contributed by atoms with Crippen LogP contribution in [0.2, 0.25) is 0 Å². The lowest BCUT2D eigenvalue weighted by atomic mass is 10.0. The number of rotatable bonds is 4. The van der Waals surface area contributed by atoms with Gasteiger partial charge in [0.1, 0.15) is 17.7 Å². The van der Waals surface area contributed by atoms with Gasteiger partial charge in [-0.2, -0.15) is 0 Å². The number of carbonyl (C=O) groups is 3. The summed E-state index contributed by atoms with van der Waals surface area (Å²) in [6.07, 6.45) is 0. The third kappa shape index (κ3) is 2.30. The molecule has 1 N–H and O–H groups in total. The van der Waals surface area contributed by atoms with Gasteiger partial charge >= 0.3 is 11.9 Å². The van der Waals surface area contributed by atoms with Crippen LogP contribution in [0, 0.1) is 0 Å². The lowest BCUT2D eigenvalue weighted by Crippen LogP contribution is -2.70. The molecule has 1 amide bonds. The van der Waals surface area contributed by atoms with E-state index in [0.717, 1.165) is 18.7 Å². The van der Waals surface area contributed by atoms with E-state index in [1.54, 1.807) is 0 Å². The Morgan fingerprint density at radius 2 is 2.38 bits per heavy atom. The van der Waals surface area contributed by atoms with Crippen LogP contribution in [-0.2, 0) is 19.1 Å². The van der Waals surface area contributed by atoms with E-state index in [2.05, 4.69) is 10.0 Å². The molecule has 21 heavy (non-hydrogen) atoms. The Morgan fingerprint density at radius 3 is 2.90 bits per heavy atom. The third-order valence-corrected chi connectivity index (χ3v) is 4.27. The largest absolute Gasteiger partial charge is 0.477 e. The number of esters is 1. The summed E-state index contributed by atoms with van der Waals surface area (Å²) >= 11 is 0.897. The van der Waals surface area contributed by atoms with E-state index in [4.69, 9.17) is 10.3 Å². The summed E-state index contributed by atoms with van der Waals surface area (Å²) < 4.78 is 18.9. The fourth-order valence-electron chi connectivity index (χ4n) is 2.02. The monoisotopic (exact) mass is 316 g/mol. The predicted octanol–water partition coefficient (Wildman–Crippen LogP) is 0.779. The van der Waals surface area contributed by atoms with Crippen LogP contribution in [0.5, 0.6) is 0 Å². The van der Waals surface area contributed by atoms with Crippen molar-refractivity contribution < 1.29 is 28.6 Å². The first-order valence-electron chi connectivity index (χ1n) is 5.62. The van der Waals surface area contributed by atoms with Crippen molar-refractivity contribution in [2.75, 3.05) is 12.4 Å². The number of carboxylic acids is 1. The average Bonchev–Trinajstić information content (AvgIpc) is 2.43. The number of carbonyl (C=O) groups excluding carboxylic acids is 2. The van der Waals surface area contributed by atoms with Gasteiger partial charge in [0.25, 0.3) is 11.7 Å². The van der Waals surface area contributed by atoms with Gasteiger partial charge in [-0.05, 0) is 10.6 Å². The van der Waals surface area contributed by atoms with Crippen LogP contribution in [0.1, 0.15) is 6.92 Å². The molecule has 0 radical (unpaired) electrons. The zero-order chi connectivity index (χ0) is 15.8. The van der Waals surface area contributed by atoms with Crippen molar-refractivity contribution in [3.8, 4) is 0 Å². The zero-order valence-corrected chi connectivity index (χ0v) is 11.5. The number of β-lactam (4-membered cyclic amide) rings is 1. The number of hydrogen-bond acceptors (Lipinski definition) is 6. The molecule has 9 nitrogen and oxygen atoms in total. The maximum absolute atomic E-state index is 14.2. The van der Waals surface area contributed by atoms with Crippen molar-refractivity contribution >= 4 is 29.6 Å². The fourth-order valence-corrected chi connectivity index (χ4v) is 3.32. The van der Waals surface area contributed by atoms with Gasteiger partial charge in [0, 0.05) is 23.2 Å². The lowest BCUT2D eigenvalue weighted by molar-refractivity contribution is -0.165. The Kier molecular flexibility index (Phi) is 3.79. The number of alkyl halides is 1. The second kappa shape index (κ2) is 5.26. The molecular weight excluding hydrogens is 307 g/mol. The molecule has 1 unspecified atom stereocenters. The minimum absolute atomic E-state index is 0.0377. The van der Waals surface area contributed by atoms with Crippen LogP contribution in [0.3, 0.4) is 0 Å². The molecule has 0 bridgehead atoms. The van der Waals surface area contributed by atoms with Crippen LogP contribution in [0.15, 0.2) is 16.4 Å². The minimum atomic E-state index is -2.78. The maximum atomic E-state index is 14.2. The molecular formula is C10H9FN4O5S. The lowest BCUT2D eigenvalue weighted by Gasteiger charge is -2.50. The number of hydrogen-bond donors (Lipinski definition) is 1. The Balaban J connectivity index is 2.35. The van der Waals surface area contributed by atoms with Gasteiger partial charge in [-0.1, -0.05) is 0 Å². The molecule has 112 valence electrons. The van der Waals surface area contributed by atoms with Gasteiger partial charge in [0.15, 0.2) is 0 Å². The molecule has 2 aliphatic rings. The summed E-state index contributed by atoms with van der Waals surface area (Å²) in [7, 11) is 0. The summed E-state index contributed by atoms with van der Waals surface area (Å²) in [5, 5.41) is 10.8. The molecule has 2 atom stereocenters. The molecule has 2 rings (SSSR count). The van der Waals surface area contributed by atoms with Crippen LogP contribution in [-0.4, -0.2) is 51.4 Å². The quantitative estimate of drug-likeness (QED) is 0.203. The molecule has 0 spiro atoms. The van der Waals surface area contributed by atoms with Crippen molar-refractivity contribution in [1.82, 2.24) is 4.90 Å². The number of halogens is 1. The van der Waals surface area contributed by atoms with Crippen LogP contribution < -0.4 is 0 Å². The molecule has 0 aromatic heterocycles. The Bertz CT molecular complexity index is 617. The second-order valence-corrected chi connectivity index (χ2v) is 5.31. The number of aliphatic carboxylic acids is 1. The van der Waals surface area contributed by atoms with E-state index in [9.17, 15) is 23.9 Å². The molecule has 1 fully saturated rings. The van der Waals surface area contributed by atoms with Gasteiger partial charge in [-0.25, -0.2) is 9.18 Å². The van der Waals surface area contributed by atoms with E-state index in [-0.39, 0.29) is 17.9 Å². The molecule has 0 aliphatic carbocycles. The van der Waals surface area contributed by atoms with E-state index in [0.29, 0.717) is 4.90 Å². The molecule has 11 heteroatoms. The van der Waals surface area contributed by atoms with Crippen molar-refractivity contribution in [3.63, 3.8) is 0 Å². The van der Waals surface area contributed by atoms with Crippen molar-refractivity contribution in [2.45, 2.75) is 18.1 Å². The Hall–Kier alpha value is -2.26. The summed E-state index contributed by atoms with van der Waals surface area (Å²) in [4.78, 5) is 36.8. The number of thioether (sulfide) groups is 1. The van der Waals surface area contributed by atoms with Crippen LogP contribution in [0.25, 0.3) is 10.4 Å². The Labute approximate surface area is 121 Å². The van der Waals surface area contributed by atoms with Crippen molar-refractivity contribution in [2.24, 2.45) is 5.11 Å². The van der Waals surface area contributed by atoms with Gasteiger partial charge in [0.2, 0.25) is 0 Å². The van der Waals surface area contributed by atoms with Crippen LogP contribution >= 0.6 is 11.8 Å². The summed E-state index contributed by atoms with van der Waals surface area (Å²) in [6.45, 7) is 0.851. The number of fused-ring (bicyclic) bond motifs is 1.